The maximum Gasteiger partial charge on any atom is 0.140 e. The Morgan fingerprint density at radius 1 is 1.43 bits per heavy atom. The molecule has 0 spiro atoms. The first-order valence-corrected chi connectivity index (χ1v) is 5.79. The molecule has 0 aliphatic heterocycles. The molecule has 0 aliphatic rings. The third-order valence-corrected chi connectivity index (χ3v) is 3.57. The molecule has 1 nitrogen and oxygen atoms in total. The van der Waals surface area contributed by atoms with E-state index in [-0.39, 0.29) is 0 Å². The molecule has 0 amide bonds. The maximum atomic E-state index is 6.05. The quantitative estimate of drug-likeness (QED) is 0.744. The van der Waals surface area contributed by atoms with Crippen molar-refractivity contribution in [2.24, 2.45) is 0 Å². The molecule has 0 atom stereocenters. The lowest BCUT2D eigenvalue weighted by molar-refractivity contribution is 0.342. The molecule has 0 radical (unpaired) electrons. The second-order valence-corrected chi connectivity index (χ2v) is 4.39. The van der Waals surface area contributed by atoms with Gasteiger partial charge in [-0.05, 0) is 19.4 Å². The van der Waals surface area contributed by atoms with E-state index in [9.17, 15) is 0 Å². The summed E-state index contributed by atoms with van der Waals surface area (Å²) in [5.74, 6) is 0.974. The van der Waals surface area contributed by atoms with Gasteiger partial charge in [-0.2, -0.15) is 0 Å². The highest BCUT2D eigenvalue weighted by Crippen LogP contribution is 2.38. The number of rotatable bonds is 2. The Hall–Kier alpha value is -0.730. The van der Waals surface area contributed by atoms with Crippen LogP contribution < -0.4 is 4.74 Å². The summed E-state index contributed by atoms with van der Waals surface area (Å²) in [7, 11) is 0. The van der Waals surface area contributed by atoms with Crippen molar-refractivity contribution in [2.75, 3.05) is 6.61 Å². The molecule has 0 saturated carbocycles. The first kappa shape index (κ1) is 9.81. The molecule has 2 aromatic rings. The Morgan fingerprint density at radius 2 is 2.21 bits per heavy atom. The number of thiophene rings is 1. The van der Waals surface area contributed by atoms with Gasteiger partial charge in [-0.3, -0.25) is 0 Å². The zero-order valence-electron chi connectivity index (χ0n) is 8.13. The number of hydrogen-bond acceptors (Lipinski definition) is 2. The molecule has 0 bridgehead atoms. The minimum absolute atomic E-state index is 0.690. The van der Waals surface area contributed by atoms with Gasteiger partial charge in [0, 0.05) is 10.8 Å². The Balaban J connectivity index is 2.70. The highest BCUT2D eigenvalue weighted by Gasteiger charge is 2.09. The summed E-state index contributed by atoms with van der Waals surface area (Å²) >= 11 is 7.69. The van der Waals surface area contributed by atoms with Crippen molar-refractivity contribution in [1.29, 1.82) is 0 Å². The van der Waals surface area contributed by atoms with Crippen LogP contribution >= 0.6 is 22.9 Å². The van der Waals surface area contributed by atoms with E-state index in [1.54, 1.807) is 11.3 Å². The van der Waals surface area contributed by atoms with E-state index < -0.39 is 0 Å². The summed E-state index contributed by atoms with van der Waals surface area (Å²) in [5.41, 5.74) is 1.16. The lowest BCUT2D eigenvalue weighted by atomic mass is 10.2. The summed E-state index contributed by atoms with van der Waals surface area (Å²) in [6.07, 6.45) is 0. The topological polar surface area (TPSA) is 9.23 Å². The number of benzene rings is 1. The van der Waals surface area contributed by atoms with Crippen molar-refractivity contribution >= 4 is 33.0 Å². The molecule has 0 aliphatic carbocycles. The smallest absolute Gasteiger partial charge is 0.140 e. The van der Waals surface area contributed by atoms with E-state index in [1.165, 1.54) is 0 Å². The molecule has 74 valence electrons. The van der Waals surface area contributed by atoms with Gasteiger partial charge in [0.2, 0.25) is 0 Å². The molecular formula is C11H11ClOS. The van der Waals surface area contributed by atoms with Gasteiger partial charge in [0.15, 0.2) is 0 Å². The predicted octanol–water partition coefficient (Wildman–Crippen LogP) is 4.26. The summed E-state index contributed by atoms with van der Waals surface area (Å²) in [5, 5.41) is 3.85. The summed E-state index contributed by atoms with van der Waals surface area (Å²) in [4.78, 5) is 0. The highest BCUT2D eigenvalue weighted by molar-refractivity contribution is 7.18. The first-order chi connectivity index (χ1) is 6.74. The second kappa shape index (κ2) is 3.79. The molecule has 2 rings (SSSR count). The molecule has 0 unspecified atom stereocenters. The van der Waals surface area contributed by atoms with E-state index in [4.69, 9.17) is 16.3 Å². The molecule has 1 aromatic heterocycles. The van der Waals surface area contributed by atoms with Crippen LogP contribution in [0.3, 0.4) is 0 Å². The van der Waals surface area contributed by atoms with Crippen molar-refractivity contribution in [3.63, 3.8) is 0 Å². The Bertz CT molecular complexity index is 462. The van der Waals surface area contributed by atoms with Gasteiger partial charge in [0.05, 0.1) is 16.3 Å². The van der Waals surface area contributed by atoms with Gasteiger partial charge >= 0.3 is 0 Å². The van der Waals surface area contributed by atoms with E-state index >= 15 is 0 Å². The molecule has 14 heavy (non-hydrogen) atoms. The van der Waals surface area contributed by atoms with Gasteiger partial charge in [-0.25, -0.2) is 0 Å². The Kier molecular flexibility index (Phi) is 2.66. The van der Waals surface area contributed by atoms with Gasteiger partial charge in [-0.15, -0.1) is 11.3 Å². The second-order valence-electron chi connectivity index (χ2n) is 3.10. The third-order valence-electron chi connectivity index (χ3n) is 2.14. The van der Waals surface area contributed by atoms with Gasteiger partial charge < -0.3 is 4.74 Å². The Morgan fingerprint density at radius 3 is 2.93 bits per heavy atom. The van der Waals surface area contributed by atoms with Crippen LogP contribution in [0.1, 0.15) is 12.5 Å². The third kappa shape index (κ3) is 1.49. The summed E-state index contributed by atoms with van der Waals surface area (Å²) in [6, 6.07) is 4.10. The predicted molar refractivity (Wildman–Crippen MR) is 62.7 cm³/mol. The van der Waals surface area contributed by atoms with Gasteiger partial charge in [-0.1, -0.05) is 23.7 Å². The number of fused-ring (bicyclic) bond motifs is 1. The standard InChI is InChI=1S/C11H11ClOS/c1-3-13-10-7(2)4-5-8-9(12)6-14-11(8)10/h4-6H,3H2,1-2H3. The molecule has 0 fully saturated rings. The summed E-state index contributed by atoms with van der Waals surface area (Å²) < 4.78 is 6.76. The molecule has 0 saturated heterocycles. The minimum Gasteiger partial charge on any atom is -0.492 e. The fraction of sp³-hybridized carbons (Fsp3) is 0.273. The first-order valence-electron chi connectivity index (χ1n) is 4.53. The van der Waals surface area contributed by atoms with Crippen molar-refractivity contribution in [1.82, 2.24) is 0 Å². The molecule has 1 heterocycles. The average Bonchev–Trinajstić information content (AvgIpc) is 2.53. The van der Waals surface area contributed by atoms with Crippen LogP contribution in [0.5, 0.6) is 5.75 Å². The maximum absolute atomic E-state index is 6.05. The van der Waals surface area contributed by atoms with Crippen LogP contribution in [0.15, 0.2) is 17.5 Å². The minimum atomic E-state index is 0.690. The van der Waals surface area contributed by atoms with Crippen molar-refractivity contribution in [2.45, 2.75) is 13.8 Å². The van der Waals surface area contributed by atoms with E-state index in [0.29, 0.717) is 6.61 Å². The van der Waals surface area contributed by atoms with Crippen molar-refractivity contribution < 1.29 is 4.74 Å². The van der Waals surface area contributed by atoms with Gasteiger partial charge in [0.25, 0.3) is 0 Å². The van der Waals surface area contributed by atoms with Crippen molar-refractivity contribution in [3.8, 4) is 5.75 Å². The molecule has 3 heteroatoms. The van der Waals surface area contributed by atoms with E-state index in [1.807, 2.05) is 24.4 Å². The van der Waals surface area contributed by atoms with E-state index in [2.05, 4.69) is 6.92 Å². The highest BCUT2D eigenvalue weighted by atomic mass is 35.5. The number of aryl methyl sites for hydroxylation is 1. The number of ether oxygens (including phenoxy) is 1. The normalized spacial score (nSPS) is 10.8. The number of halogens is 1. The monoisotopic (exact) mass is 226 g/mol. The molecule has 1 aromatic carbocycles. The van der Waals surface area contributed by atoms with Crippen LogP contribution in [0, 0.1) is 6.92 Å². The van der Waals surface area contributed by atoms with Crippen LogP contribution in [0.4, 0.5) is 0 Å². The summed E-state index contributed by atoms with van der Waals surface area (Å²) in [6.45, 7) is 4.74. The number of hydrogen-bond donors (Lipinski definition) is 0. The van der Waals surface area contributed by atoms with Crippen LogP contribution in [-0.4, -0.2) is 6.61 Å². The zero-order chi connectivity index (χ0) is 10.1. The lowest BCUT2D eigenvalue weighted by Crippen LogP contribution is -1.93. The molecular weight excluding hydrogens is 216 g/mol. The molecule has 0 N–H and O–H groups in total. The average molecular weight is 227 g/mol. The lowest BCUT2D eigenvalue weighted by Gasteiger charge is -2.07. The largest absolute Gasteiger partial charge is 0.492 e. The fourth-order valence-electron chi connectivity index (χ4n) is 1.46. The zero-order valence-corrected chi connectivity index (χ0v) is 9.71. The Labute approximate surface area is 92.3 Å². The fourth-order valence-corrected chi connectivity index (χ4v) is 2.79. The van der Waals surface area contributed by atoms with Crippen LogP contribution in [-0.2, 0) is 0 Å². The van der Waals surface area contributed by atoms with Gasteiger partial charge in [0.1, 0.15) is 5.75 Å². The van der Waals surface area contributed by atoms with E-state index in [0.717, 1.165) is 26.4 Å². The van der Waals surface area contributed by atoms with Crippen molar-refractivity contribution in [3.05, 3.63) is 28.1 Å². The SMILES string of the molecule is CCOc1c(C)ccc2c(Cl)csc12. The van der Waals surface area contributed by atoms with Crippen LogP contribution in [0.25, 0.3) is 10.1 Å². The van der Waals surface area contributed by atoms with Crippen LogP contribution in [0.2, 0.25) is 5.02 Å².